The summed E-state index contributed by atoms with van der Waals surface area (Å²) in [6.07, 6.45) is 0. The highest BCUT2D eigenvalue weighted by Gasteiger charge is 2.11. The highest BCUT2D eigenvalue weighted by atomic mass is 16.5. The molecule has 3 nitrogen and oxygen atoms in total. The zero-order valence-corrected chi connectivity index (χ0v) is 8.64. The first-order chi connectivity index (χ1) is 7.24. The van der Waals surface area contributed by atoms with Gasteiger partial charge in [-0.2, -0.15) is 5.26 Å². The van der Waals surface area contributed by atoms with E-state index in [1.54, 1.807) is 6.92 Å². The van der Waals surface area contributed by atoms with Crippen LogP contribution in [0.4, 0.5) is 0 Å². The van der Waals surface area contributed by atoms with Crippen LogP contribution in [0.1, 0.15) is 12.5 Å². The smallest absolute Gasteiger partial charge is 0.175 e. The number of nitriles is 1. The van der Waals surface area contributed by atoms with Crippen molar-refractivity contribution in [2.24, 2.45) is 5.92 Å². The molecule has 1 aromatic rings. The zero-order chi connectivity index (χ0) is 11.1. The third-order valence-electron chi connectivity index (χ3n) is 2.03. The molecule has 0 saturated carbocycles. The third-order valence-corrected chi connectivity index (χ3v) is 2.03. The predicted molar refractivity (Wildman–Crippen MR) is 55.9 cm³/mol. The van der Waals surface area contributed by atoms with Gasteiger partial charge >= 0.3 is 0 Å². The van der Waals surface area contributed by atoms with Gasteiger partial charge in [0.25, 0.3) is 0 Å². The van der Waals surface area contributed by atoms with Crippen LogP contribution in [0.25, 0.3) is 0 Å². The Labute approximate surface area is 89.3 Å². The Morgan fingerprint density at radius 2 is 2.13 bits per heavy atom. The molecule has 0 aromatic heterocycles. The first-order valence-electron chi connectivity index (χ1n) is 4.78. The van der Waals surface area contributed by atoms with Crippen molar-refractivity contribution in [1.82, 2.24) is 0 Å². The molecule has 1 atom stereocenters. The molecule has 0 fully saturated rings. The van der Waals surface area contributed by atoms with Gasteiger partial charge < -0.3 is 4.74 Å². The first kappa shape index (κ1) is 11.4. The number of hydrogen-bond acceptors (Lipinski definition) is 3. The minimum atomic E-state index is -0.583. The van der Waals surface area contributed by atoms with Gasteiger partial charge in [0, 0.05) is 0 Å². The maximum atomic E-state index is 11.2. The SMILES string of the molecule is CC(C#N)C(=O)COCc1ccccc1. The van der Waals surface area contributed by atoms with Crippen LogP contribution in [0.3, 0.4) is 0 Å². The Hall–Kier alpha value is -1.66. The van der Waals surface area contributed by atoms with Crippen LogP contribution in [0.2, 0.25) is 0 Å². The van der Waals surface area contributed by atoms with E-state index in [1.807, 2.05) is 36.4 Å². The van der Waals surface area contributed by atoms with E-state index >= 15 is 0 Å². The minimum absolute atomic E-state index is 0.00359. The normalized spacial score (nSPS) is 11.7. The summed E-state index contributed by atoms with van der Waals surface area (Å²) in [4.78, 5) is 11.2. The number of Topliss-reactive ketones (excluding diaryl/α,β-unsaturated/α-hetero) is 1. The van der Waals surface area contributed by atoms with Crippen LogP contribution in [0.5, 0.6) is 0 Å². The molecule has 3 heteroatoms. The average molecular weight is 203 g/mol. The Kier molecular flexibility index (Phi) is 4.52. The van der Waals surface area contributed by atoms with Gasteiger partial charge in [-0.05, 0) is 12.5 Å². The molecule has 0 N–H and O–H groups in total. The third kappa shape index (κ3) is 3.92. The molecule has 0 radical (unpaired) electrons. The molecule has 0 saturated heterocycles. The number of carbonyl (C=O) groups is 1. The van der Waals surface area contributed by atoms with Crippen molar-refractivity contribution in [1.29, 1.82) is 5.26 Å². The van der Waals surface area contributed by atoms with E-state index in [0.717, 1.165) is 5.56 Å². The van der Waals surface area contributed by atoms with Crippen molar-refractivity contribution >= 4 is 5.78 Å². The quantitative estimate of drug-likeness (QED) is 0.734. The number of rotatable bonds is 5. The van der Waals surface area contributed by atoms with Gasteiger partial charge in [0.05, 0.1) is 12.7 Å². The summed E-state index contributed by atoms with van der Waals surface area (Å²) in [6.45, 7) is 1.99. The van der Waals surface area contributed by atoms with Crippen LogP contribution in [-0.2, 0) is 16.1 Å². The summed E-state index contributed by atoms with van der Waals surface area (Å²) in [5, 5.41) is 8.50. The predicted octanol–water partition coefficient (Wildman–Crippen LogP) is 1.93. The van der Waals surface area contributed by atoms with Gasteiger partial charge in [-0.25, -0.2) is 0 Å². The summed E-state index contributed by atoms with van der Waals surface area (Å²) >= 11 is 0. The lowest BCUT2D eigenvalue weighted by Crippen LogP contribution is -2.15. The van der Waals surface area contributed by atoms with Gasteiger partial charge in [0.2, 0.25) is 0 Å². The first-order valence-corrected chi connectivity index (χ1v) is 4.78. The largest absolute Gasteiger partial charge is 0.369 e. The molecular formula is C12H13NO2. The van der Waals surface area contributed by atoms with Crippen molar-refractivity contribution in [2.45, 2.75) is 13.5 Å². The van der Waals surface area contributed by atoms with E-state index < -0.39 is 5.92 Å². The molecule has 0 bridgehead atoms. The summed E-state index contributed by atoms with van der Waals surface area (Å²) in [5.41, 5.74) is 1.02. The summed E-state index contributed by atoms with van der Waals surface area (Å²) in [7, 11) is 0. The van der Waals surface area contributed by atoms with Crippen molar-refractivity contribution in [3.05, 3.63) is 35.9 Å². The van der Waals surface area contributed by atoms with Crippen molar-refractivity contribution < 1.29 is 9.53 Å². The molecule has 0 spiro atoms. The molecule has 0 aliphatic rings. The number of hydrogen-bond donors (Lipinski definition) is 0. The molecule has 1 rings (SSSR count). The lowest BCUT2D eigenvalue weighted by atomic mass is 10.1. The summed E-state index contributed by atoms with van der Waals surface area (Å²) in [5.74, 6) is -0.755. The fraction of sp³-hybridized carbons (Fsp3) is 0.333. The number of carbonyl (C=O) groups excluding carboxylic acids is 1. The van der Waals surface area contributed by atoms with E-state index in [9.17, 15) is 4.79 Å². The fourth-order valence-electron chi connectivity index (χ4n) is 1.04. The molecule has 0 aliphatic carbocycles. The van der Waals surface area contributed by atoms with Crippen molar-refractivity contribution in [3.8, 4) is 6.07 Å². The van der Waals surface area contributed by atoms with Crippen molar-refractivity contribution in [2.75, 3.05) is 6.61 Å². The molecular weight excluding hydrogens is 190 g/mol. The molecule has 1 aromatic carbocycles. The zero-order valence-electron chi connectivity index (χ0n) is 8.64. The van der Waals surface area contributed by atoms with Gasteiger partial charge in [0.1, 0.15) is 12.5 Å². The Morgan fingerprint density at radius 1 is 1.47 bits per heavy atom. The molecule has 0 heterocycles. The van der Waals surface area contributed by atoms with Crippen molar-refractivity contribution in [3.63, 3.8) is 0 Å². The second-order valence-electron chi connectivity index (χ2n) is 3.30. The average Bonchev–Trinajstić information content (AvgIpc) is 2.29. The summed E-state index contributed by atoms with van der Waals surface area (Å²) in [6, 6.07) is 11.5. The van der Waals surface area contributed by atoms with Crippen LogP contribution in [0, 0.1) is 17.2 Å². The topological polar surface area (TPSA) is 50.1 Å². The van der Waals surface area contributed by atoms with Gasteiger partial charge in [-0.3, -0.25) is 4.79 Å². The Balaban J connectivity index is 2.29. The fourth-order valence-corrected chi connectivity index (χ4v) is 1.04. The van der Waals surface area contributed by atoms with E-state index in [0.29, 0.717) is 6.61 Å². The van der Waals surface area contributed by atoms with Crippen LogP contribution >= 0.6 is 0 Å². The lowest BCUT2D eigenvalue weighted by molar-refractivity contribution is -0.125. The van der Waals surface area contributed by atoms with E-state index in [-0.39, 0.29) is 12.4 Å². The Morgan fingerprint density at radius 3 is 2.73 bits per heavy atom. The summed E-state index contributed by atoms with van der Waals surface area (Å²) < 4.78 is 5.20. The monoisotopic (exact) mass is 203 g/mol. The number of benzene rings is 1. The van der Waals surface area contributed by atoms with E-state index in [4.69, 9.17) is 10.00 Å². The Bertz CT molecular complexity index is 354. The van der Waals surface area contributed by atoms with Gasteiger partial charge in [-0.15, -0.1) is 0 Å². The number of nitrogens with zero attached hydrogens (tertiary/aromatic N) is 1. The molecule has 0 aliphatic heterocycles. The second-order valence-corrected chi connectivity index (χ2v) is 3.30. The van der Waals surface area contributed by atoms with Crippen LogP contribution in [0.15, 0.2) is 30.3 Å². The lowest BCUT2D eigenvalue weighted by Gasteiger charge is -2.04. The van der Waals surface area contributed by atoms with Gasteiger partial charge in [-0.1, -0.05) is 30.3 Å². The number of ether oxygens (including phenoxy) is 1. The standard InChI is InChI=1S/C12H13NO2/c1-10(7-13)12(14)9-15-8-11-5-3-2-4-6-11/h2-6,10H,8-9H2,1H3. The minimum Gasteiger partial charge on any atom is -0.369 e. The molecule has 1 unspecified atom stereocenters. The molecule has 0 amide bonds. The number of ketones is 1. The second kappa shape index (κ2) is 5.94. The van der Waals surface area contributed by atoms with E-state index in [2.05, 4.69) is 0 Å². The van der Waals surface area contributed by atoms with E-state index in [1.165, 1.54) is 0 Å². The maximum Gasteiger partial charge on any atom is 0.175 e. The molecule has 78 valence electrons. The van der Waals surface area contributed by atoms with Crippen LogP contribution < -0.4 is 0 Å². The maximum absolute atomic E-state index is 11.2. The highest BCUT2D eigenvalue weighted by molar-refractivity contribution is 5.84. The molecule has 15 heavy (non-hydrogen) atoms. The van der Waals surface area contributed by atoms with Crippen LogP contribution in [-0.4, -0.2) is 12.4 Å². The van der Waals surface area contributed by atoms with Gasteiger partial charge in [0.15, 0.2) is 5.78 Å². The highest BCUT2D eigenvalue weighted by Crippen LogP contribution is 2.01.